The molecule has 0 aliphatic carbocycles. The molecule has 2 bridgehead atoms. The third-order valence-electron chi connectivity index (χ3n) is 7.96. The van der Waals surface area contributed by atoms with Gasteiger partial charge < -0.3 is 19.6 Å². The van der Waals surface area contributed by atoms with Crippen LogP contribution in [0.1, 0.15) is 53.4 Å². The van der Waals surface area contributed by atoms with Crippen LogP contribution in [0.4, 0.5) is 0 Å². The van der Waals surface area contributed by atoms with E-state index in [0.29, 0.717) is 13.0 Å². The summed E-state index contributed by atoms with van der Waals surface area (Å²) >= 11 is 1.63. The normalized spacial score (nSPS) is 33.4. The molecule has 1 N–H and O–H groups in total. The van der Waals surface area contributed by atoms with Crippen molar-refractivity contribution in [1.29, 1.82) is 0 Å². The maximum absolute atomic E-state index is 14.3. The summed E-state index contributed by atoms with van der Waals surface area (Å²) in [7, 11) is 0. The molecule has 0 aromatic heterocycles. The van der Waals surface area contributed by atoms with Crippen LogP contribution in [0.15, 0.2) is 25.3 Å². The van der Waals surface area contributed by atoms with Crippen molar-refractivity contribution in [3.8, 4) is 0 Å². The lowest BCUT2D eigenvalue weighted by Gasteiger charge is -2.43. The molecule has 34 heavy (non-hydrogen) atoms. The van der Waals surface area contributed by atoms with Crippen molar-refractivity contribution < 1.29 is 24.2 Å². The summed E-state index contributed by atoms with van der Waals surface area (Å²) in [5.74, 6) is -1.86. The fraction of sp³-hybridized carbons (Fsp3) is 0.731. The van der Waals surface area contributed by atoms with Crippen LogP contribution in [0.5, 0.6) is 0 Å². The maximum Gasteiger partial charge on any atom is 0.311 e. The number of thioether (sulfide) groups is 1. The zero-order valence-electron chi connectivity index (χ0n) is 20.9. The molecular weight excluding hydrogens is 452 g/mol. The van der Waals surface area contributed by atoms with Crippen molar-refractivity contribution in [2.24, 2.45) is 17.8 Å². The quantitative estimate of drug-likeness (QED) is 0.333. The first-order valence-corrected chi connectivity index (χ1v) is 13.4. The van der Waals surface area contributed by atoms with E-state index in [1.54, 1.807) is 22.7 Å². The molecule has 3 aliphatic rings. The Labute approximate surface area is 208 Å². The van der Waals surface area contributed by atoms with Gasteiger partial charge in [-0.25, -0.2) is 0 Å². The summed E-state index contributed by atoms with van der Waals surface area (Å²) < 4.78 is 4.70. The molecule has 3 rings (SSSR count). The first-order chi connectivity index (χ1) is 16.2. The Morgan fingerprint density at radius 3 is 2.62 bits per heavy atom. The summed E-state index contributed by atoms with van der Waals surface area (Å²) in [6, 6.07) is -1.22. The van der Waals surface area contributed by atoms with Crippen molar-refractivity contribution in [2.45, 2.75) is 81.5 Å². The number of nitrogens with zero attached hydrogens (tertiary/aromatic N) is 2. The first kappa shape index (κ1) is 26.8. The lowest BCUT2D eigenvalue weighted by atomic mass is 9.66. The van der Waals surface area contributed by atoms with Gasteiger partial charge in [0.15, 0.2) is 0 Å². The molecule has 3 saturated heterocycles. The van der Waals surface area contributed by atoms with E-state index < -0.39 is 34.6 Å². The van der Waals surface area contributed by atoms with Crippen molar-refractivity contribution in [3.05, 3.63) is 25.3 Å². The van der Waals surface area contributed by atoms with E-state index in [4.69, 9.17) is 4.74 Å². The number of aliphatic hydroxyl groups excluding tert-OH is 1. The van der Waals surface area contributed by atoms with E-state index in [-0.39, 0.29) is 42.2 Å². The Hall–Kier alpha value is -1.80. The van der Waals surface area contributed by atoms with E-state index in [0.717, 1.165) is 19.3 Å². The van der Waals surface area contributed by atoms with E-state index in [1.807, 2.05) is 18.7 Å². The molecule has 0 radical (unpaired) electrons. The molecule has 3 fully saturated rings. The van der Waals surface area contributed by atoms with Gasteiger partial charge in [-0.3, -0.25) is 14.4 Å². The minimum absolute atomic E-state index is 0.00984. The van der Waals surface area contributed by atoms with E-state index in [2.05, 4.69) is 27.0 Å². The summed E-state index contributed by atoms with van der Waals surface area (Å²) in [6.07, 6.45) is 6.29. The summed E-state index contributed by atoms with van der Waals surface area (Å²) in [4.78, 5) is 44.9. The second-order valence-electron chi connectivity index (χ2n) is 9.88. The fourth-order valence-corrected chi connectivity index (χ4v) is 8.80. The van der Waals surface area contributed by atoms with Gasteiger partial charge in [0.1, 0.15) is 12.6 Å². The minimum atomic E-state index is -0.733. The summed E-state index contributed by atoms with van der Waals surface area (Å²) in [5, 5.41) is 10.1. The smallest absolute Gasteiger partial charge is 0.311 e. The van der Waals surface area contributed by atoms with Gasteiger partial charge in [-0.2, -0.15) is 0 Å². The molecule has 190 valence electrons. The van der Waals surface area contributed by atoms with Crippen LogP contribution in [-0.2, 0) is 19.1 Å². The van der Waals surface area contributed by atoms with Crippen LogP contribution in [0.2, 0.25) is 0 Å². The number of carbonyl (C=O) groups excluding carboxylic acids is 3. The Kier molecular flexibility index (Phi) is 8.56. The lowest BCUT2D eigenvalue weighted by Crippen LogP contribution is -2.60. The van der Waals surface area contributed by atoms with Crippen molar-refractivity contribution in [1.82, 2.24) is 9.80 Å². The molecule has 4 unspecified atom stereocenters. The highest BCUT2D eigenvalue weighted by Gasteiger charge is 2.77. The number of hydrogen-bond donors (Lipinski definition) is 1. The van der Waals surface area contributed by atoms with E-state index in [9.17, 15) is 19.5 Å². The number of esters is 1. The van der Waals surface area contributed by atoms with Gasteiger partial charge in [0.2, 0.25) is 11.8 Å². The highest BCUT2D eigenvalue weighted by Crippen LogP contribution is 2.69. The summed E-state index contributed by atoms with van der Waals surface area (Å²) in [5.41, 5.74) is 0. The van der Waals surface area contributed by atoms with Crippen LogP contribution < -0.4 is 0 Å². The molecule has 8 atom stereocenters. The molecule has 0 aromatic carbocycles. The molecule has 1 spiro atoms. The Morgan fingerprint density at radius 2 is 2.06 bits per heavy atom. The summed E-state index contributed by atoms with van der Waals surface area (Å²) in [6.45, 7) is 15.8. The number of ether oxygens (including phenoxy) is 1. The zero-order chi connectivity index (χ0) is 25.2. The topological polar surface area (TPSA) is 87.2 Å². The number of rotatable bonds is 12. The number of amides is 2. The molecule has 2 amide bonds. The Balaban J connectivity index is 2.11. The third kappa shape index (κ3) is 4.11. The second kappa shape index (κ2) is 10.9. The van der Waals surface area contributed by atoms with Gasteiger partial charge in [-0.1, -0.05) is 45.9 Å². The first-order valence-electron chi connectivity index (χ1n) is 12.5. The number of likely N-dealkylation sites (tertiary alicyclic amines) is 1. The Morgan fingerprint density at radius 1 is 1.35 bits per heavy atom. The van der Waals surface area contributed by atoms with Gasteiger partial charge in [-0.05, 0) is 32.1 Å². The largest absolute Gasteiger partial charge is 0.461 e. The third-order valence-corrected chi connectivity index (χ3v) is 10.0. The highest BCUT2D eigenvalue weighted by atomic mass is 32.2. The second-order valence-corrected chi connectivity index (χ2v) is 11.4. The fourth-order valence-electron chi connectivity index (χ4n) is 6.41. The van der Waals surface area contributed by atoms with Gasteiger partial charge in [0.25, 0.3) is 0 Å². The molecule has 7 nitrogen and oxygen atoms in total. The lowest BCUT2D eigenvalue weighted by molar-refractivity contribution is -0.154. The van der Waals surface area contributed by atoms with Crippen LogP contribution in [0, 0.1) is 17.8 Å². The predicted molar refractivity (Wildman–Crippen MR) is 134 cm³/mol. The van der Waals surface area contributed by atoms with Crippen LogP contribution in [0.3, 0.4) is 0 Å². The predicted octanol–water partition coefficient (Wildman–Crippen LogP) is 3.03. The average molecular weight is 493 g/mol. The monoisotopic (exact) mass is 492 g/mol. The van der Waals surface area contributed by atoms with E-state index in [1.165, 1.54) is 6.08 Å². The average Bonchev–Trinajstić information content (AvgIpc) is 3.40. The number of aliphatic hydroxyl groups is 1. The highest BCUT2D eigenvalue weighted by molar-refractivity contribution is 8.02. The molecule has 3 aliphatic heterocycles. The standard InChI is InChI=1S/C26H40N2O5S/c1-7-11-17(6)27(12-8-2)24(31)22-26-16(5)14-19(34-26)20(25(32)33-13-9-3)21(26)23(30)28(22)18(10-4)15-29/h8-9,16-22,29H,2-3,7,10-15H2,1,4-6H3/t16?,17?,18-,19-,20+,21-,22?,26?/m0/s1. The Bertz CT molecular complexity index is 815. The number of hydrogen-bond acceptors (Lipinski definition) is 6. The molecular formula is C26H40N2O5S. The van der Waals surface area contributed by atoms with Crippen LogP contribution >= 0.6 is 11.8 Å². The van der Waals surface area contributed by atoms with Gasteiger partial charge in [0.05, 0.1) is 29.2 Å². The number of fused-ring (bicyclic) bond motifs is 1. The van der Waals surface area contributed by atoms with Crippen LogP contribution in [-0.4, -0.2) is 80.6 Å². The van der Waals surface area contributed by atoms with Gasteiger partial charge in [-0.15, -0.1) is 18.3 Å². The number of carbonyl (C=O) groups is 3. The van der Waals surface area contributed by atoms with E-state index >= 15 is 0 Å². The molecule has 8 heteroatoms. The van der Waals surface area contributed by atoms with Gasteiger partial charge >= 0.3 is 5.97 Å². The van der Waals surface area contributed by atoms with Crippen molar-refractivity contribution in [3.63, 3.8) is 0 Å². The van der Waals surface area contributed by atoms with Gasteiger partial charge in [0, 0.05) is 17.8 Å². The SMILES string of the molecule is C=CCOC(=O)[C@@H]1[C@@H]2CC(C)C3(S2)C(C(=O)N(CC=C)C(C)CCC)N([C@@H](CC)CO)C(=O)[C@H]13. The van der Waals surface area contributed by atoms with Crippen molar-refractivity contribution in [2.75, 3.05) is 19.8 Å². The maximum atomic E-state index is 14.3. The minimum Gasteiger partial charge on any atom is -0.461 e. The molecule has 3 heterocycles. The zero-order valence-corrected chi connectivity index (χ0v) is 21.8. The molecule has 0 aromatic rings. The van der Waals surface area contributed by atoms with Crippen molar-refractivity contribution >= 4 is 29.5 Å². The molecule has 0 saturated carbocycles. The van der Waals surface area contributed by atoms with Crippen LogP contribution in [0.25, 0.3) is 0 Å².